The summed E-state index contributed by atoms with van der Waals surface area (Å²) in [5, 5.41) is 3.60. The molecule has 3 rings (SSSR count). The predicted molar refractivity (Wildman–Crippen MR) is 77.3 cm³/mol. The molecule has 1 fully saturated rings. The number of nitrogens with zero attached hydrogens (tertiary/aromatic N) is 1. The fraction of sp³-hybridized carbons (Fsp3) is 0.200. The van der Waals surface area contributed by atoms with Crippen molar-refractivity contribution in [3.05, 3.63) is 58.0 Å². The lowest BCUT2D eigenvalue weighted by atomic mass is 10.1. The van der Waals surface area contributed by atoms with Crippen LogP contribution in [0, 0.1) is 11.0 Å². The fourth-order valence-electron chi connectivity index (χ4n) is 2.19. The molecule has 1 N–H and O–H groups in total. The Bertz CT molecular complexity index is 638. The normalized spacial score (nSPS) is 21.1. The first-order chi connectivity index (χ1) is 9.74. The van der Waals surface area contributed by atoms with E-state index in [0.29, 0.717) is 10.8 Å². The molecule has 2 aromatic rings. The topological polar surface area (TPSA) is 41.5 Å². The molecule has 102 valence electrons. The lowest BCUT2D eigenvalue weighted by Crippen LogP contribution is -2.19. The Balaban J connectivity index is 1.53. The van der Waals surface area contributed by atoms with Crippen LogP contribution >= 0.6 is 11.3 Å². The van der Waals surface area contributed by atoms with Crippen LogP contribution in [0.5, 0.6) is 0 Å². The van der Waals surface area contributed by atoms with Crippen molar-refractivity contribution in [1.29, 1.82) is 0 Å². The van der Waals surface area contributed by atoms with E-state index in [-0.39, 0.29) is 17.0 Å². The van der Waals surface area contributed by atoms with Gasteiger partial charge in [-0.2, -0.15) is 9.49 Å². The second-order valence-electron chi connectivity index (χ2n) is 4.74. The van der Waals surface area contributed by atoms with Crippen molar-refractivity contribution in [3.8, 4) is 0 Å². The van der Waals surface area contributed by atoms with E-state index in [1.54, 1.807) is 6.07 Å². The van der Waals surface area contributed by atoms with Crippen molar-refractivity contribution < 1.29 is 9.18 Å². The van der Waals surface area contributed by atoms with Crippen LogP contribution in [0.15, 0.2) is 47.6 Å². The lowest BCUT2D eigenvalue weighted by Gasteiger charge is -1.99. The number of carbonyl (C=O) groups is 1. The van der Waals surface area contributed by atoms with Crippen molar-refractivity contribution >= 4 is 23.5 Å². The van der Waals surface area contributed by atoms with Crippen molar-refractivity contribution in [2.75, 3.05) is 0 Å². The molecule has 1 aliphatic rings. The molecular formula is C15H13FN2OS. The van der Waals surface area contributed by atoms with Gasteiger partial charge in [0, 0.05) is 5.92 Å². The third kappa shape index (κ3) is 2.93. The van der Waals surface area contributed by atoms with E-state index < -0.39 is 0 Å². The van der Waals surface area contributed by atoms with Crippen LogP contribution in [0.1, 0.15) is 22.8 Å². The molecule has 0 unspecified atom stereocenters. The highest BCUT2D eigenvalue weighted by atomic mass is 32.1. The van der Waals surface area contributed by atoms with Gasteiger partial charge in [-0.25, -0.2) is 5.43 Å². The zero-order chi connectivity index (χ0) is 13.9. The van der Waals surface area contributed by atoms with Crippen molar-refractivity contribution in [2.45, 2.75) is 12.3 Å². The van der Waals surface area contributed by atoms with Gasteiger partial charge >= 0.3 is 0 Å². The SMILES string of the molecule is O=C(N/N=C\c1ccc(F)s1)[C@@H]1C[C@H]1c1ccccc1. The van der Waals surface area contributed by atoms with E-state index in [0.717, 1.165) is 17.8 Å². The minimum absolute atomic E-state index is 0.00498. The summed E-state index contributed by atoms with van der Waals surface area (Å²) in [5.74, 6) is 0.215. The Labute approximate surface area is 120 Å². The molecule has 1 amide bonds. The molecular weight excluding hydrogens is 275 g/mol. The van der Waals surface area contributed by atoms with Crippen LogP contribution in [0.4, 0.5) is 4.39 Å². The lowest BCUT2D eigenvalue weighted by molar-refractivity contribution is -0.122. The van der Waals surface area contributed by atoms with Gasteiger partial charge in [0.2, 0.25) is 5.91 Å². The number of amides is 1. The van der Waals surface area contributed by atoms with Gasteiger partial charge in [-0.3, -0.25) is 4.79 Å². The van der Waals surface area contributed by atoms with E-state index in [1.807, 2.05) is 30.3 Å². The second kappa shape index (κ2) is 5.54. The molecule has 1 heterocycles. The molecule has 1 aliphatic carbocycles. The summed E-state index contributed by atoms with van der Waals surface area (Å²) in [7, 11) is 0. The summed E-state index contributed by atoms with van der Waals surface area (Å²) in [6.45, 7) is 0. The van der Waals surface area contributed by atoms with Crippen LogP contribution in [0.3, 0.4) is 0 Å². The minimum Gasteiger partial charge on any atom is -0.273 e. The number of thiophene rings is 1. The van der Waals surface area contributed by atoms with Gasteiger partial charge < -0.3 is 0 Å². The smallest absolute Gasteiger partial charge is 0.243 e. The largest absolute Gasteiger partial charge is 0.273 e. The zero-order valence-corrected chi connectivity index (χ0v) is 11.4. The molecule has 0 saturated heterocycles. The highest BCUT2D eigenvalue weighted by Gasteiger charge is 2.43. The maximum absolute atomic E-state index is 12.8. The number of carbonyl (C=O) groups excluding carboxylic acids is 1. The average Bonchev–Trinajstić information content (AvgIpc) is 3.17. The molecule has 1 saturated carbocycles. The number of nitrogens with one attached hydrogen (secondary N) is 1. The van der Waals surface area contributed by atoms with Crippen molar-refractivity contribution in [1.82, 2.24) is 5.43 Å². The molecule has 0 spiro atoms. The summed E-state index contributed by atoms with van der Waals surface area (Å²) >= 11 is 0.994. The number of rotatable bonds is 4. The second-order valence-corrected chi connectivity index (χ2v) is 5.80. The first kappa shape index (κ1) is 13.0. The summed E-state index contributed by atoms with van der Waals surface area (Å²) < 4.78 is 12.8. The fourth-order valence-corrected chi connectivity index (χ4v) is 2.80. The molecule has 1 aromatic carbocycles. The van der Waals surface area contributed by atoms with E-state index in [4.69, 9.17) is 0 Å². The van der Waals surface area contributed by atoms with E-state index in [2.05, 4.69) is 10.5 Å². The van der Waals surface area contributed by atoms with Gasteiger partial charge in [-0.15, -0.1) is 11.3 Å². The van der Waals surface area contributed by atoms with Crippen LogP contribution < -0.4 is 5.43 Å². The standard InChI is InChI=1S/C15H13FN2OS/c16-14-7-6-11(20-14)9-17-18-15(19)13-8-12(13)10-4-2-1-3-5-10/h1-7,9,12-13H,8H2,(H,18,19)/b17-9-/t12-,13+/m0/s1. The Hall–Kier alpha value is -2.01. The summed E-state index contributed by atoms with van der Waals surface area (Å²) in [6, 6.07) is 13.0. The summed E-state index contributed by atoms with van der Waals surface area (Å²) in [5.41, 5.74) is 3.71. The average molecular weight is 288 g/mol. The Morgan fingerprint density at radius 3 is 2.80 bits per heavy atom. The molecule has 1 aromatic heterocycles. The van der Waals surface area contributed by atoms with Crippen LogP contribution in [0.25, 0.3) is 0 Å². The van der Waals surface area contributed by atoms with Gasteiger partial charge in [0.1, 0.15) is 0 Å². The summed E-state index contributed by atoms with van der Waals surface area (Å²) in [4.78, 5) is 12.6. The molecule has 20 heavy (non-hydrogen) atoms. The zero-order valence-electron chi connectivity index (χ0n) is 10.6. The first-order valence-electron chi connectivity index (χ1n) is 6.37. The minimum atomic E-state index is -0.260. The number of hydrogen-bond acceptors (Lipinski definition) is 3. The molecule has 0 radical (unpaired) electrons. The first-order valence-corrected chi connectivity index (χ1v) is 7.19. The Morgan fingerprint density at radius 1 is 1.30 bits per heavy atom. The molecule has 5 heteroatoms. The van der Waals surface area contributed by atoms with Gasteiger partial charge in [0.15, 0.2) is 5.13 Å². The molecule has 0 bridgehead atoms. The van der Waals surface area contributed by atoms with Gasteiger partial charge in [0.25, 0.3) is 0 Å². The summed E-state index contributed by atoms with van der Waals surface area (Å²) in [6.07, 6.45) is 2.32. The van der Waals surface area contributed by atoms with Gasteiger partial charge in [0.05, 0.1) is 11.1 Å². The monoisotopic (exact) mass is 288 g/mol. The quantitative estimate of drug-likeness (QED) is 0.681. The maximum atomic E-state index is 12.8. The van der Waals surface area contributed by atoms with Crippen molar-refractivity contribution in [2.24, 2.45) is 11.0 Å². The molecule has 2 atom stereocenters. The third-order valence-electron chi connectivity index (χ3n) is 3.32. The van der Waals surface area contributed by atoms with Crippen LogP contribution in [-0.4, -0.2) is 12.1 Å². The number of hydrogen-bond donors (Lipinski definition) is 1. The highest BCUT2D eigenvalue weighted by Crippen LogP contribution is 2.47. The van der Waals surface area contributed by atoms with Crippen molar-refractivity contribution in [3.63, 3.8) is 0 Å². The number of hydrazone groups is 1. The Kier molecular flexibility index (Phi) is 3.60. The molecule has 0 aliphatic heterocycles. The Morgan fingerprint density at radius 2 is 2.10 bits per heavy atom. The van der Waals surface area contributed by atoms with Crippen LogP contribution in [-0.2, 0) is 4.79 Å². The highest BCUT2D eigenvalue weighted by molar-refractivity contribution is 7.12. The maximum Gasteiger partial charge on any atom is 0.243 e. The van der Waals surface area contributed by atoms with E-state index in [9.17, 15) is 9.18 Å². The van der Waals surface area contributed by atoms with E-state index >= 15 is 0 Å². The van der Waals surface area contributed by atoms with Crippen LogP contribution in [0.2, 0.25) is 0 Å². The van der Waals surface area contributed by atoms with Gasteiger partial charge in [-0.1, -0.05) is 30.3 Å². The van der Waals surface area contributed by atoms with E-state index in [1.165, 1.54) is 17.8 Å². The number of benzene rings is 1. The predicted octanol–water partition coefficient (Wildman–Crippen LogP) is 3.14. The van der Waals surface area contributed by atoms with Gasteiger partial charge in [-0.05, 0) is 30.0 Å². The third-order valence-corrected chi connectivity index (χ3v) is 4.12. The molecule has 3 nitrogen and oxygen atoms in total. The number of halogens is 1.